The van der Waals surface area contributed by atoms with Crippen molar-refractivity contribution < 1.29 is 4.74 Å². The summed E-state index contributed by atoms with van der Waals surface area (Å²) in [6.45, 7) is 12.0. The van der Waals surface area contributed by atoms with Crippen LogP contribution in [-0.4, -0.2) is 22.7 Å². The molecule has 0 aromatic heterocycles. The van der Waals surface area contributed by atoms with E-state index in [1.165, 1.54) is 27.2 Å². The molecule has 1 aliphatic heterocycles. The van der Waals surface area contributed by atoms with Gasteiger partial charge in [-0.25, -0.2) is 4.44 Å². The van der Waals surface area contributed by atoms with Crippen molar-refractivity contribution in [1.29, 1.82) is 0 Å². The molecule has 0 fully saturated rings. The van der Waals surface area contributed by atoms with Gasteiger partial charge in [0.1, 0.15) is 11.9 Å². The Bertz CT molecular complexity index is 1310. The summed E-state index contributed by atoms with van der Waals surface area (Å²) in [5.41, 5.74) is 1.32. The fourth-order valence-corrected chi connectivity index (χ4v) is 12.4. The predicted molar refractivity (Wildman–Crippen MR) is 176 cm³/mol. The van der Waals surface area contributed by atoms with Gasteiger partial charge in [0, 0.05) is 28.3 Å². The van der Waals surface area contributed by atoms with Gasteiger partial charge in [-0.05, 0) is 48.7 Å². The minimum Gasteiger partial charge on any atom is -0.488 e. The highest BCUT2D eigenvalue weighted by molar-refractivity contribution is 7.82. The Morgan fingerprint density at radius 2 is 1.50 bits per heavy atom. The third-order valence-corrected chi connectivity index (χ3v) is 13.8. The molecule has 2 nitrogen and oxygen atoms in total. The molecule has 0 radical (unpaired) electrons. The van der Waals surface area contributed by atoms with Crippen LogP contribution in [0.3, 0.4) is 0 Å². The topological polar surface area (TPSA) is 12.5 Å². The Hall–Kier alpha value is -2.76. The third kappa shape index (κ3) is 5.69. The summed E-state index contributed by atoms with van der Waals surface area (Å²) in [5.74, 6) is 1.17. The Balaban J connectivity index is 1.70. The molecule has 3 aromatic carbocycles. The van der Waals surface area contributed by atoms with Crippen LogP contribution in [0.2, 0.25) is 0 Å². The number of nitrogens with zero attached hydrogens (tertiary/aromatic N) is 1. The SMILES string of the molecule is C=CC1(C)C2=C(OC1C=CC)C(P(c1ccccc1)N(CCCC)P(c1ccccc1)c1ccccc1)CC=C2. The number of allylic oxidation sites excluding steroid dienone is 4. The highest BCUT2D eigenvalue weighted by Gasteiger charge is 2.48. The summed E-state index contributed by atoms with van der Waals surface area (Å²) in [5, 5.41) is 4.22. The number of rotatable bonds is 11. The molecular weight excluding hydrogens is 524 g/mol. The highest BCUT2D eigenvalue weighted by Crippen LogP contribution is 2.63. The molecule has 4 unspecified atom stereocenters. The lowest BCUT2D eigenvalue weighted by atomic mass is 9.76. The van der Waals surface area contributed by atoms with Crippen LogP contribution in [0.5, 0.6) is 0 Å². The summed E-state index contributed by atoms with van der Waals surface area (Å²) in [4.78, 5) is 0. The first-order valence-corrected chi connectivity index (χ1v) is 17.1. The van der Waals surface area contributed by atoms with Crippen molar-refractivity contribution in [3.05, 3.63) is 139 Å². The van der Waals surface area contributed by atoms with E-state index in [0.717, 1.165) is 25.8 Å². The van der Waals surface area contributed by atoms with Crippen LogP contribution in [-0.2, 0) is 4.74 Å². The van der Waals surface area contributed by atoms with Crippen LogP contribution >= 0.6 is 16.1 Å². The normalized spacial score (nSPS) is 23.0. The molecule has 0 amide bonds. The zero-order chi connectivity index (χ0) is 28.0. The molecule has 4 heteroatoms. The average molecular weight is 566 g/mol. The van der Waals surface area contributed by atoms with Gasteiger partial charge < -0.3 is 4.74 Å². The number of unbranched alkanes of at least 4 members (excludes halogenated alkanes) is 1. The predicted octanol–water partition coefficient (Wildman–Crippen LogP) is 8.61. The first kappa shape index (κ1) is 28.8. The van der Waals surface area contributed by atoms with Crippen LogP contribution < -0.4 is 15.9 Å². The van der Waals surface area contributed by atoms with Crippen molar-refractivity contribution in [1.82, 2.24) is 4.44 Å². The van der Waals surface area contributed by atoms with E-state index in [2.05, 4.69) is 153 Å². The Morgan fingerprint density at radius 1 is 0.925 bits per heavy atom. The largest absolute Gasteiger partial charge is 0.488 e. The minimum atomic E-state index is -0.772. The molecule has 40 heavy (non-hydrogen) atoms. The maximum atomic E-state index is 6.94. The van der Waals surface area contributed by atoms with Crippen LogP contribution in [0.15, 0.2) is 139 Å². The van der Waals surface area contributed by atoms with Crippen LogP contribution in [0.25, 0.3) is 0 Å². The van der Waals surface area contributed by atoms with Gasteiger partial charge in [-0.1, -0.05) is 129 Å². The van der Waals surface area contributed by atoms with Crippen molar-refractivity contribution >= 4 is 32.1 Å². The highest BCUT2D eigenvalue weighted by atomic mass is 31.2. The van der Waals surface area contributed by atoms with E-state index in [1.54, 1.807) is 0 Å². The second-order valence-electron chi connectivity index (χ2n) is 10.6. The number of hydrogen-bond acceptors (Lipinski definition) is 2. The van der Waals surface area contributed by atoms with Crippen molar-refractivity contribution in [2.75, 3.05) is 6.54 Å². The van der Waals surface area contributed by atoms with Gasteiger partial charge in [0.15, 0.2) is 0 Å². The quantitative estimate of drug-likeness (QED) is 0.171. The smallest absolute Gasteiger partial charge is 0.129 e. The Kier molecular flexibility index (Phi) is 9.54. The summed E-state index contributed by atoms with van der Waals surface area (Å²) in [7, 11) is -1.52. The fourth-order valence-electron chi connectivity index (χ4n) is 5.75. The van der Waals surface area contributed by atoms with Crippen molar-refractivity contribution in [2.24, 2.45) is 5.41 Å². The summed E-state index contributed by atoms with van der Waals surface area (Å²) < 4.78 is 9.83. The average Bonchev–Trinajstić information content (AvgIpc) is 3.30. The van der Waals surface area contributed by atoms with Gasteiger partial charge in [0.25, 0.3) is 0 Å². The van der Waals surface area contributed by atoms with Gasteiger partial charge in [-0.15, -0.1) is 6.58 Å². The van der Waals surface area contributed by atoms with Gasteiger partial charge in [0.05, 0.1) is 11.1 Å². The van der Waals surface area contributed by atoms with Crippen molar-refractivity contribution in [3.63, 3.8) is 0 Å². The monoisotopic (exact) mass is 565 g/mol. The van der Waals surface area contributed by atoms with E-state index < -0.39 is 16.1 Å². The molecule has 0 saturated heterocycles. The third-order valence-electron chi connectivity index (χ3n) is 7.94. The van der Waals surface area contributed by atoms with Crippen molar-refractivity contribution in [3.8, 4) is 0 Å². The molecule has 2 aliphatic rings. The van der Waals surface area contributed by atoms with E-state index >= 15 is 0 Å². The molecule has 3 aromatic rings. The molecule has 0 N–H and O–H groups in total. The lowest BCUT2D eigenvalue weighted by Gasteiger charge is -2.43. The zero-order valence-electron chi connectivity index (χ0n) is 24.0. The van der Waals surface area contributed by atoms with Gasteiger partial charge in [0.2, 0.25) is 0 Å². The molecule has 0 spiro atoms. The van der Waals surface area contributed by atoms with Gasteiger partial charge >= 0.3 is 0 Å². The van der Waals surface area contributed by atoms with Crippen molar-refractivity contribution in [2.45, 2.75) is 51.8 Å². The molecule has 1 heterocycles. The molecule has 206 valence electrons. The summed E-state index contributed by atoms with van der Waals surface area (Å²) in [6.07, 6.45) is 14.4. The Labute approximate surface area is 243 Å². The van der Waals surface area contributed by atoms with Crippen LogP contribution in [0.1, 0.15) is 40.0 Å². The maximum absolute atomic E-state index is 6.94. The second kappa shape index (κ2) is 13.3. The molecule has 0 bridgehead atoms. The molecule has 5 rings (SSSR count). The van der Waals surface area contributed by atoms with E-state index in [9.17, 15) is 0 Å². The number of hydrogen-bond donors (Lipinski definition) is 0. The lowest BCUT2D eigenvalue weighted by Crippen LogP contribution is -2.34. The van der Waals surface area contributed by atoms with Gasteiger partial charge in [-0.3, -0.25) is 0 Å². The van der Waals surface area contributed by atoms with E-state index in [0.29, 0.717) is 0 Å². The minimum absolute atomic E-state index is 0.0354. The summed E-state index contributed by atoms with van der Waals surface area (Å²) >= 11 is 0. The lowest BCUT2D eigenvalue weighted by molar-refractivity contribution is 0.127. The van der Waals surface area contributed by atoms with E-state index in [-0.39, 0.29) is 17.2 Å². The van der Waals surface area contributed by atoms with Crippen LogP contribution in [0.4, 0.5) is 0 Å². The first-order valence-electron chi connectivity index (χ1n) is 14.5. The number of ether oxygens (including phenoxy) is 1. The molecular formula is C36H41NOP2. The molecule has 0 saturated carbocycles. The van der Waals surface area contributed by atoms with E-state index in [4.69, 9.17) is 4.74 Å². The Morgan fingerprint density at radius 3 is 2.02 bits per heavy atom. The molecule has 4 atom stereocenters. The first-order chi connectivity index (χ1) is 19.6. The zero-order valence-corrected chi connectivity index (χ0v) is 25.8. The fraction of sp³-hybridized carbons (Fsp3) is 0.278. The molecule has 1 aliphatic carbocycles. The van der Waals surface area contributed by atoms with E-state index in [1.807, 2.05) is 0 Å². The maximum Gasteiger partial charge on any atom is 0.129 e. The standard InChI is InChI=1S/C36H41NOP2/c1-5-8-28-37(39(29-20-12-9-13-21-29)30-22-14-10-15-23-30)40(31-24-16-11-17-25-31)33-27-18-26-32-35(33)38-34(19-6-2)36(32,4)7-3/h6-7,9-26,33-34H,3,5,8,27-28H2,1-2,4H3. The second-order valence-corrected chi connectivity index (χ2v) is 15.4. The van der Waals surface area contributed by atoms with Crippen LogP contribution in [0, 0.1) is 5.41 Å². The van der Waals surface area contributed by atoms with Gasteiger partial charge in [-0.2, -0.15) is 0 Å². The summed E-state index contributed by atoms with van der Waals surface area (Å²) in [6, 6.07) is 33.6. The number of benzene rings is 3.